The molecule has 0 saturated carbocycles. The predicted molar refractivity (Wildman–Crippen MR) is 63.3 cm³/mol. The summed E-state index contributed by atoms with van der Waals surface area (Å²) in [6.45, 7) is 4.53. The third kappa shape index (κ3) is 3.63. The molecule has 2 saturated heterocycles. The summed E-state index contributed by atoms with van der Waals surface area (Å²) < 4.78 is 11.1. The molecule has 2 aliphatic heterocycles. The van der Waals surface area contributed by atoms with E-state index in [1.54, 1.807) is 0 Å². The Morgan fingerprint density at radius 2 is 2.20 bits per heavy atom. The molecule has 0 aromatic rings. The summed E-state index contributed by atoms with van der Waals surface area (Å²) in [5.74, 6) is 2.27. The van der Waals surface area contributed by atoms with Gasteiger partial charge < -0.3 is 14.8 Å². The van der Waals surface area contributed by atoms with Gasteiger partial charge in [-0.1, -0.05) is 0 Å². The minimum absolute atomic E-state index is 0.325. The second-order valence-corrected chi connectivity index (χ2v) is 5.60. The average Bonchev–Trinajstić information content (AvgIpc) is 2.67. The summed E-state index contributed by atoms with van der Waals surface area (Å²) in [6.07, 6.45) is 3.63. The maximum Gasteiger partial charge on any atom is 0.166 e. The molecule has 2 rings (SSSR count). The van der Waals surface area contributed by atoms with Gasteiger partial charge in [-0.15, -0.1) is 0 Å². The fourth-order valence-electron chi connectivity index (χ4n) is 2.11. The minimum atomic E-state index is -0.325. The topological polar surface area (TPSA) is 30.5 Å². The molecule has 1 atom stereocenters. The number of rotatable bonds is 4. The van der Waals surface area contributed by atoms with Crippen molar-refractivity contribution in [2.75, 3.05) is 31.3 Å². The maximum atomic E-state index is 5.56. The van der Waals surface area contributed by atoms with Crippen LogP contribution in [0.1, 0.15) is 26.2 Å². The summed E-state index contributed by atoms with van der Waals surface area (Å²) >= 11 is 2.06. The lowest BCUT2D eigenvalue weighted by atomic mass is 10.1. The van der Waals surface area contributed by atoms with E-state index in [1.165, 1.54) is 24.3 Å². The van der Waals surface area contributed by atoms with Crippen molar-refractivity contribution < 1.29 is 9.47 Å². The van der Waals surface area contributed by atoms with Crippen molar-refractivity contribution in [1.29, 1.82) is 0 Å². The van der Waals surface area contributed by atoms with Gasteiger partial charge >= 0.3 is 0 Å². The van der Waals surface area contributed by atoms with Crippen molar-refractivity contribution in [3.05, 3.63) is 0 Å². The Morgan fingerprint density at radius 1 is 1.40 bits per heavy atom. The first kappa shape index (κ1) is 11.7. The van der Waals surface area contributed by atoms with Crippen LogP contribution in [0.4, 0.5) is 0 Å². The number of hydrogen-bond donors (Lipinski definition) is 1. The Hall–Kier alpha value is 0.230. The Balaban J connectivity index is 1.61. The number of hydrogen-bond acceptors (Lipinski definition) is 4. The molecule has 0 aromatic heterocycles. The Bertz CT molecular complexity index is 189. The first-order chi connectivity index (χ1) is 7.29. The van der Waals surface area contributed by atoms with E-state index in [-0.39, 0.29) is 5.79 Å². The molecule has 0 spiro atoms. The number of nitrogens with one attached hydrogen (secondary N) is 1. The fourth-order valence-corrected chi connectivity index (χ4v) is 3.21. The van der Waals surface area contributed by atoms with Gasteiger partial charge in [-0.25, -0.2) is 0 Å². The highest BCUT2D eigenvalue weighted by atomic mass is 32.2. The van der Waals surface area contributed by atoms with Gasteiger partial charge in [0, 0.05) is 24.8 Å². The highest BCUT2D eigenvalue weighted by Gasteiger charge is 2.30. The molecule has 1 N–H and O–H groups in total. The summed E-state index contributed by atoms with van der Waals surface area (Å²) in [4.78, 5) is 0. The molecule has 2 heterocycles. The number of thioether (sulfide) groups is 1. The number of ether oxygens (including phenoxy) is 2. The molecule has 0 radical (unpaired) electrons. The van der Waals surface area contributed by atoms with Gasteiger partial charge in [-0.3, -0.25) is 0 Å². The van der Waals surface area contributed by atoms with E-state index in [0.29, 0.717) is 6.04 Å². The molecule has 88 valence electrons. The van der Waals surface area contributed by atoms with Gasteiger partial charge in [-0.05, 0) is 25.5 Å². The third-order valence-corrected chi connectivity index (χ3v) is 4.29. The molecule has 2 aliphatic rings. The van der Waals surface area contributed by atoms with E-state index in [4.69, 9.17) is 9.47 Å². The van der Waals surface area contributed by atoms with E-state index >= 15 is 0 Å². The standard InChI is InChI=1S/C11H21NO2S/c1-11(13-6-7-14-11)4-5-12-10-3-2-8-15-9-10/h10,12H,2-9H2,1H3. The maximum absolute atomic E-state index is 5.56. The van der Waals surface area contributed by atoms with Crippen molar-refractivity contribution in [1.82, 2.24) is 5.32 Å². The molecule has 0 aliphatic carbocycles. The minimum Gasteiger partial charge on any atom is -0.348 e. The van der Waals surface area contributed by atoms with Crippen LogP contribution >= 0.6 is 11.8 Å². The van der Waals surface area contributed by atoms with Gasteiger partial charge in [0.15, 0.2) is 5.79 Å². The van der Waals surface area contributed by atoms with E-state index in [1.807, 2.05) is 6.92 Å². The largest absolute Gasteiger partial charge is 0.348 e. The molecule has 0 bridgehead atoms. The second-order valence-electron chi connectivity index (χ2n) is 4.45. The Labute approximate surface area is 96.3 Å². The Morgan fingerprint density at radius 3 is 2.87 bits per heavy atom. The van der Waals surface area contributed by atoms with Crippen molar-refractivity contribution in [2.24, 2.45) is 0 Å². The lowest BCUT2D eigenvalue weighted by Crippen LogP contribution is -2.38. The molecule has 4 heteroatoms. The highest BCUT2D eigenvalue weighted by molar-refractivity contribution is 7.99. The highest BCUT2D eigenvalue weighted by Crippen LogP contribution is 2.22. The van der Waals surface area contributed by atoms with Crippen molar-refractivity contribution in [3.8, 4) is 0 Å². The van der Waals surface area contributed by atoms with Crippen LogP contribution in [0.25, 0.3) is 0 Å². The SMILES string of the molecule is CC1(CCNC2CCCSC2)OCCO1. The quantitative estimate of drug-likeness (QED) is 0.796. The van der Waals surface area contributed by atoms with Crippen LogP contribution < -0.4 is 5.32 Å². The third-order valence-electron chi connectivity index (χ3n) is 3.07. The van der Waals surface area contributed by atoms with Gasteiger partial charge in [-0.2, -0.15) is 11.8 Å². The lowest BCUT2D eigenvalue weighted by molar-refractivity contribution is -0.145. The smallest absolute Gasteiger partial charge is 0.166 e. The molecule has 0 aromatic carbocycles. The van der Waals surface area contributed by atoms with Gasteiger partial charge in [0.05, 0.1) is 13.2 Å². The molecular weight excluding hydrogens is 210 g/mol. The van der Waals surface area contributed by atoms with Crippen LogP contribution in [0.15, 0.2) is 0 Å². The van der Waals surface area contributed by atoms with Crippen LogP contribution in [-0.4, -0.2) is 43.1 Å². The first-order valence-electron chi connectivity index (χ1n) is 5.88. The van der Waals surface area contributed by atoms with Crippen molar-refractivity contribution in [2.45, 2.75) is 38.0 Å². The van der Waals surface area contributed by atoms with E-state index in [9.17, 15) is 0 Å². The van der Waals surface area contributed by atoms with Gasteiger partial charge in [0.25, 0.3) is 0 Å². The van der Waals surface area contributed by atoms with Crippen molar-refractivity contribution >= 4 is 11.8 Å². The molecule has 0 amide bonds. The van der Waals surface area contributed by atoms with Crippen LogP contribution in [-0.2, 0) is 9.47 Å². The summed E-state index contributed by atoms with van der Waals surface area (Å²) in [5, 5.41) is 3.59. The molecular formula is C11H21NO2S. The zero-order chi connectivity index (χ0) is 10.6. The van der Waals surface area contributed by atoms with E-state index in [0.717, 1.165) is 26.2 Å². The van der Waals surface area contributed by atoms with Crippen LogP contribution in [0.3, 0.4) is 0 Å². The molecule has 1 unspecified atom stereocenters. The zero-order valence-electron chi connectivity index (χ0n) is 9.46. The fraction of sp³-hybridized carbons (Fsp3) is 1.00. The first-order valence-corrected chi connectivity index (χ1v) is 7.03. The van der Waals surface area contributed by atoms with Gasteiger partial charge in [0.1, 0.15) is 0 Å². The zero-order valence-corrected chi connectivity index (χ0v) is 10.3. The Kier molecular flexibility index (Phi) is 4.31. The molecule has 3 nitrogen and oxygen atoms in total. The van der Waals surface area contributed by atoms with Crippen LogP contribution in [0.2, 0.25) is 0 Å². The van der Waals surface area contributed by atoms with Gasteiger partial charge in [0.2, 0.25) is 0 Å². The molecule has 15 heavy (non-hydrogen) atoms. The normalized spacial score (nSPS) is 30.6. The summed E-state index contributed by atoms with van der Waals surface area (Å²) in [5.41, 5.74) is 0. The van der Waals surface area contributed by atoms with Crippen LogP contribution in [0.5, 0.6) is 0 Å². The predicted octanol–water partition coefficient (Wildman–Crippen LogP) is 1.62. The van der Waals surface area contributed by atoms with Crippen LogP contribution in [0, 0.1) is 0 Å². The average molecular weight is 231 g/mol. The summed E-state index contributed by atoms with van der Waals surface area (Å²) in [7, 11) is 0. The van der Waals surface area contributed by atoms with Crippen molar-refractivity contribution in [3.63, 3.8) is 0 Å². The molecule has 2 fully saturated rings. The lowest BCUT2D eigenvalue weighted by Gasteiger charge is -2.26. The van der Waals surface area contributed by atoms with E-state index in [2.05, 4.69) is 17.1 Å². The van der Waals surface area contributed by atoms with E-state index < -0.39 is 0 Å². The monoisotopic (exact) mass is 231 g/mol. The second kappa shape index (κ2) is 5.53. The summed E-state index contributed by atoms with van der Waals surface area (Å²) in [6, 6.07) is 0.703.